The van der Waals surface area contributed by atoms with Gasteiger partial charge in [-0.3, -0.25) is 0 Å². The molecule has 0 aliphatic carbocycles. The van der Waals surface area contributed by atoms with Crippen LogP contribution in [0.15, 0.2) is 23.1 Å². The number of nitrogens with zero attached hydrogens (tertiary/aromatic N) is 5. The van der Waals surface area contributed by atoms with Crippen molar-refractivity contribution in [2.75, 3.05) is 52.6 Å². The van der Waals surface area contributed by atoms with Crippen molar-refractivity contribution in [1.29, 1.82) is 0 Å². The highest BCUT2D eigenvalue weighted by atomic mass is 32.2. The second-order valence-corrected chi connectivity index (χ2v) is 11.3. The van der Waals surface area contributed by atoms with Gasteiger partial charge in [0.2, 0.25) is 20.0 Å². The molecule has 1 aliphatic heterocycles. The predicted octanol–water partition coefficient (Wildman–Crippen LogP) is 0.279. The van der Waals surface area contributed by atoms with E-state index in [1.165, 1.54) is 22.7 Å². The predicted molar refractivity (Wildman–Crippen MR) is 105 cm³/mol. The van der Waals surface area contributed by atoms with Crippen molar-refractivity contribution in [1.82, 2.24) is 22.3 Å². The smallest absolute Gasteiger partial charge is 0.245 e. The standard InChI is InChI=1S/C15H23N5O4S3/c1-18(2)26(21,22)12-4-7-19-8-10-20(11-9-19)27(23,24)14-6-3-5-13-15(14)17-25-16-13/h3,5-6H,4,7-12H2,1-2H3. The van der Waals surface area contributed by atoms with E-state index in [4.69, 9.17) is 0 Å². The van der Waals surface area contributed by atoms with Crippen LogP contribution in [0.25, 0.3) is 11.0 Å². The summed E-state index contributed by atoms with van der Waals surface area (Å²) in [6.45, 7) is 2.53. The van der Waals surface area contributed by atoms with E-state index in [0.717, 1.165) is 11.7 Å². The van der Waals surface area contributed by atoms with Crippen LogP contribution in [-0.2, 0) is 20.0 Å². The molecule has 27 heavy (non-hydrogen) atoms. The fourth-order valence-corrected chi connectivity index (χ4v) is 6.01. The van der Waals surface area contributed by atoms with Gasteiger partial charge in [-0.05, 0) is 25.1 Å². The van der Waals surface area contributed by atoms with Crippen molar-refractivity contribution < 1.29 is 16.8 Å². The summed E-state index contributed by atoms with van der Waals surface area (Å²) in [5, 5.41) is 0. The van der Waals surface area contributed by atoms with Crippen LogP contribution in [0.2, 0.25) is 0 Å². The van der Waals surface area contributed by atoms with Gasteiger partial charge in [0.25, 0.3) is 0 Å². The van der Waals surface area contributed by atoms with Gasteiger partial charge in [-0.15, -0.1) is 0 Å². The third-order valence-corrected chi connectivity index (χ3v) is 9.02. The zero-order valence-corrected chi connectivity index (χ0v) is 17.7. The van der Waals surface area contributed by atoms with E-state index in [1.54, 1.807) is 18.2 Å². The molecule has 0 atom stereocenters. The molecular formula is C15H23N5O4S3. The number of aromatic nitrogens is 2. The van der Waals surface area contributed by atoms with Gasteiger partial charge in [0.1, 0.15) is 15.9 Å². The molecule has 12 heteroatoms. The second-order valence-electron chi connectivity index (χ2n) is 6.59. The van der Waals surface area contributed by atoms with Gasteiger partial charge in [-0.25, -0.2) is 21.1 Å². The van der Waals surface area contributed by atoms with Crippen LogP contribution in [-0.4, -0.2) is 91.7 Å². The highest BCUT2D eigenvalue weighted by Crippen LogP contribution is 2.25. The fourth-order valence-electron chi connectivity index (χ4n) is 2.98. The van der Waals surface area contributed by atoms with Crippen LogP contribution in [0.1, 0.15) is 6.42 Å². The summed E-state index contributed by atoms with van der Waals surface area (Å²) >= 11 is 0.999. The Balaban J connectivity index is 1.60. The van der Waals surface area contributed by atoms with Gasteiger partial charge in [0, 0.05) is 40.3 Å². The van der Waals surface area contributed by atoms with Gasteiger partial charge >= 0.3 is 0 Å². The third kappa shape index (κ3) is 4.46. The first kappa shape index (κ1) is 20.6. The lowest BCUT2D eigenvalue weighted by atomic mass is 10.3. The molecule has 1 aromatic carbocycles. The minimum absolute atomic E-state index is 0.0946. The van der Waals surface area contributed by atoms with Gasteiger partial charge in [0.05, 0.1) is 17.5 Å². The Labute approximate surface area is 164 Å². The molecule has 0 bridgehead atoms. The van der Waals surface area contributed by atoms with Gasteiger partial charge in [0.15, 0.2) is 0 Å². The molecule has 1 aliphatic rings. The van der Waals surface area contributed by atoms with Crippen LogP contribution in [0.4, 0.5) is 0 Å². The highest BCUT2D eigenvalue weighted by Gasteiger charge is 2.30. The number of hydrogen-bond donors (Lipinski definition) is 0. The minimum atomic E-state index is -3.63. The van der Waals surface area contributed by atoms with E-state index in [2.05, 4.69) is 13.6 Å². The average molecular weight is 434 g/mol. The summed E-state index contributed by atoms with van der Waals surface area (Å²) in [5.41, 5.74) is 1.00. The van der Waals surface area contributed by atoms with Gasteiger partial charge in [-0.1, -0.05) is 6.07 Å². The Morgan fingerprint density at radius 2 is 1.78 bits per heavy atom. The number of rotatable bonds is 7. The normalized spacial score (nSPS) is 17.7. The number of sulfonamides is 2. The maximum absolute atomic E-state index is 13.0. The monoisotopic (exact) mass is 433 g/mol. The zero-order chi connectivity index (χ0) is 19.7. The molecular weight excluding hydrogens is 410 g/mol. The topological polar surface area (TPSA) is 104 Å². The van der Waals surface area contributed by atoms with Crippen LogP contribution >= 0.6 is 11.7 Å². The molecule has 0 saturated carbocycles. The molecule has 0 spiro atoms. The van der Waals surface area contributed by atoms with E-state index >= 15 is 0 Å². The van der Waals surface area contributed by atoms with E-state index in [-0.39, 0.29) is 10.6 Å². The van der Waals surface area contributed by atoms with Crippen LogP contribution in [0.5, 0.6) is 0 Å². The van der Waals surface area contributed by atoms with Crippen LogP contribution in [0, 0.1) is 0 Å². The Morgan fingerprint density at radius 1 is 1.07 bits per heavy atom. The quantitative estimate of drug-likeness (QED) is 0.618. The summed E-state index contributed by atoms with van der Waals surface area (Å²) in [7, 11) is -3.77. The first-order valence-electron chi connectivity index (χ1n) is 8.56. The van der Waals surface area contributed by atoms with Crippen LogP contribution in [0.3, 0.4) is 0 Å². The van der Waals surface area contributed by atoms with Crippen molar-refractivity contribution in [3.63, 3.8) is 0 Å². The van der Waals surface area contributed by atoms with Crippen molar-refractivity contribution in [3.8, 4) is 0 Å². The lowest BCUT2D eigenvalue weighted by Gasteiger charge is -2.34. The van der Waals surface area contributed by atoms with E-state index in [9.17, 15) is 16.8 Å². The highest BCUT2D eigenvalue weighted by molar-refractivity contribution is 7.89. The number of piperazine rings is 1. The second kappa shape index (κ2) is 8.05. The molecule has 1 saturated heterocycles. The lowest BCUT2D eigenvalue weighted by molar-refractivity contribution is 0.189. The number of fused-ring (bicyclic) bond motifs is 1. The number of hydrogen-bond acceptors (Lipinski definition) is 8. The Hall–Kier alpha value is -1.18. The molecule has 0 unspecified atom stereocenters. The zero-order valence-electron chi connectivity index (χ0n) is 15.3. The fraction of sp³-hybridized carbons (Fsp3) is 0.600. The summed E-state index contributed by atoms with van der Waals surface area (Å²) in [6.07, 6.45) is 0.525. The Kier molecular flexibility index (Phi) is 6.13. The molecule has 150 valence electrons. The van der Waals surface area contributed by atoms with E-state index < -0.39 is 20.0 Å². The van der Waals surface area contributed by atoms with E-state index in [1.807, 2.05) is 0 Å². The maximum atomic E-state index is 13.0. The first-order chi connectivity index (χ1) is 12.7. The van der Waals surface area contributed by atoms with Crippen molar-refractivity contribution in [2.45, 2.75) is 11.3 Å². The molecule has 9 nitrogen and oxygen atoms in total. The minimum Gasteiger partial charge on any atom is -0.301 e. The Bertz CT molecular complexity index is 995. The molecule has 0 amide bonds. The SMILES string of the molecule is CN(C)S(=O)(=O)CCCN1CCN(S(=O)(=O)c2cccc3nsnc23)CC1. The van der Waals surface area contributed by atoms with Gasteiger partial charge in [-0.2, -0.15) is 13.1 Å². The molecule has 0 radical (unpaired) electrons. The summed E-state index contributed by atoms with van der Waals surface area (Å²) in [6, 6.07) is 4.99. The molecule has 0 N–H and O–H groups in total. The Morgan fingerprint density at radius 3 is 2.44 bits per heavy atom. The molecule has 2 aromatic rings. The van der Waals surface area contributed by atoms with Crippen molar-refractivity contribution in [2.24, 2.45) is 0 Å². The van der Waals surface area contributed by atoms with Crippen LogP contribution < -0.4 is 0 Å². The van der Waals surface area contributed by atoms with E-state index in [0.29, 0.717) is 50.2 Å². The summed E-state index contributed by atoms with van der Waals surface area (Å²) < 4.78 is 60.5. The van der Waals surface area contributed by atoms with Gasteiger partial charge < -0.3 is 4.90 Å². The molecule has 1 aromatic heterocycles. The molecule has 1 fully saturated rings. The number of benzene rings is 1. The average Bonchev–Trinajstić information content (AvgIpc) is 3.10. The summed E-state index contributed by atoms with van der Waals surface area (Å²) in [4.78, 5) is 2.29. The molecule has 3 rings (SSSR count). The first-order valence-corrected chi connectivity index (χ1v) is 12.3. The summed E-state index contributed by atoms with van der Waals surface area (Å²) in [5.74, 6) is 0.0946. The largest absolute Gasteiger partial charge is 0.301 e. The maximum Gasteiger partial charge on any atom is 0.245 e. The van der Waals surface area contributed by atoms with Crippen molar-refractivity contribution in [3.05, 3.63) is 18.2 Å². The van der Waals surface area contributed by atoms with Crippen molar-refractivity contribution >= 4 is 42.8 Å². The lowest BCUT2D eigenvalue weighted by Crippen LogP contribution is -2.49. The third-order valence-electron chi connectivity index (χ3n) is 4.63. The molecule has 2 heterocycles.